The molecule has 0 bridgehead atoms. The first-order valence-electron chi connectivity index (χ1n) is 7.77. The molecule has 122 valence electrons. The lowest BCUT2D eigenvalue weighted by molar-refractivity contribution is 0.0743. The Morgan fingerprint density at radius 1 is 1.17 bits per heavy atom. The first kappa shape index (κ1) is 16.3. The Kier molecular flexibility index (Phi) is 4.71. The number of carbonyl (C=O) groups excluding carboxylic acids is 1. The van der Waals surface area contributed by atoms with Crippen LogP contribution < -0.4 is 0 Å². The molecule has 0 fully saturated rings. The Labute approximate surface area is 145 Å². The predicted molar refractivity (Wildman–Crippen MR) is 97.0 cm³/mol. The first-order valence-corrected chi connectivity index (χ1v) is 8.65. The summed E-state index contributed by atoms with van der Waals surface area (Å²) in [6, 6.07) is 13.8. The molecule has 24 heavy (non-hydrogen) atoms. The van der Waals surface area contributed by atoms with Crippen molar-refractivity contribution in [2.24, 2.45) is 0 Å². The van der Waals surface area contributed by atoms with E-state index in [-0.39, 0.29) is 11.9 Å². The highest BCUT2D eigenvalue weighted by molar-refractivity contribution is 7.10. The summed E-state index contributed by atoms with van der Waals surface area (Å²) < 4.78 is 0. The van der Waals surface area contributed by atoms with Gasteiger partial charge in [0.15, 0.2) is 5.82 Å². The topological polar surface area (TPSA) is 46.1 Å². The molecular formula is C19H19N3OS. The Morgan fingerprint density at radius 2 is 1.92 bits per heavy atom. The van der Waals surface area contributed by atoms with E-state index in [1.54, 1.807) is 22.4 Å². The second-order valence-corrected chi connectivity index (χ2v) is 6.65. The van der Waals surface area contributed by atoms with E-state index in [1.165, 1.54) is 0 Å². The van der Waals surface area contributed by atoms with Gasteiger partial charge >= 0.3 is 0 Å². The van der Waals surface area contributed by atoms with E-state index in [1.807, 2.05) is 68.7 Å². The van der Waals surface area contributed by atoms with Crippen LogP contribution in [0.3, 0.4) is 0 Å². The molecule has 1 aromatic carbocycles. The molecule has 5 heteroatoms. The van der Waals surface area contributed by atoms with Crippen molar-refractivity contribution in [3.05, 3.63) is 70.2 Å². The molecule has 1 unspecified atom stereocenters. The van der Waals surface area contributed by atoms with E-state index in [2.05, 4.69) is 9.97 Å². The maximum atomic E-state index is 12.8. The highest BCUT2D eigenvalue weighted by Crippen LogP contribution is 2.25. The van der Waals surface area contributed by atoms with Crippen molar-refractivity contribution in [2.75, 3.05) is 7.05 Å². The van der Waals surface area contributed by atoms with E-state index >= 15 is 0 Å². The molecule has 0 spiro atoms. The van der Waals surface area contributed by atoms with Crippen molar-refractivity contribution in [2.45, 2.75) is 19.9 Å². The highest BCUT2D eigenvalue weighted by Gasteiger charge is 2.22. The van der Waals surface area contributed by atoms with Gasteiger partial charge in [-0.3, -0.25) is 4.79 Å². The molecular weight excluding hydrogens is 318 g/mol. The third-order valence-corrected chi connectivity index (χ3v) is 5.14. The lowest BCUT2D eigenvalue weighted by atomic mass is 10.1. The Bertz CT molecular complexity index is 831. The molecule has 3 aromatic rings. The molecule has 0 aliphatic rings. The number of thiophene rings is 1. The van der Waals surface area contributed by atoms with Crippen LogP contribution in [0, 0.1) is 6.92 Å². The van der Waals surface area contributed by atoms with Crippen LogP contribution in [0.4, 0.5) is 0 Å². The SMILES string of the molecule is Cc1nc(-c2ccccc2)ncc1C(=O)N(C)C(C)c1cccs1. The largest absolute Gasteiger partial charge is 0.334 e. The second-order valence-electron chi connectivity index (χ2n) is 5.67. The molecule has 0 radical (unpaired) electrons. The van der Waals surface area contributed by atoms with Gasteiger partial charge in [0.25, 0.3) is 5.91 Å². The lowest BCUT2D eigenvalue weighted by Gasteiger charge is -2.24. The summed E-state index contributed by atoms with van der Waals surface area (Å²) >= 11 is 1.65. The van der Waals surface area contributed by atoms with Gasteiger partial charge in [-0.05, 0) is 25.3 Å². The fourth-order valence-corrected chi connectivity index (χ4v) is 3.32. The van der Waals surface area contributed by atoms with Crippen LogP contribution >= 0.6 is 11.3 Å². The molecule has 1 amide bonds. The van der Waals surface area contributed by atoms with E-state index in [4.69, 9.17) is 0 Å². The number of carbonyl (C=O) groups is 1. The zero-order valence-electron chi connectivity index (χ0n) is 13.9. The summed E-state index contributed by atoms with van der Waals surface area (Å²) in [5, 5.41) is 2.02. The number of nitrogens with zero attached hydrogens (tertiary/aromatic N) is 3. The average Bonchev–Trinajstić information content (AvgIpc) is 3.15. The monoisotopic (exact) mass is 337 g/mol. The number of aryl methyl sites for hydroxylation is 1. The Hall–Kier alpha value is -2.53. The standard InChI is InChI=1S/C19H19N3OS/c1-13-16(12-20-18(21-13)15-8-5-4-6-9-15)19(23)22(3)14(2)17-10-7-11-24-17/h4-12,14H,1-3H3. The van der Waals surface area contributed by atoms with Crippen molar-refractivity contribution < 1.29 is 4.79 Å². The van der Waals surface area contributed by atoms with Gasteiger partial charge in [-0.1, -0.05) is 36.4 Å². The third-order valence-electron chi connectivity index (χ3n) is 4.10. The molecule has 0 N–H and O–H groups in total. The minimum Gasteiger partial charge on any atom is -0.334 e. The smallest absolute Gasteiger partial charge is 0.257 e. The van der Waals surface area contributed by atoms with Crippen LogP contribution in [0.2, 0.25) is 0 Å². The van der Waals surface area contributed by atoms with E-state index in [0.717, 1.165) is 10.4 Å². The van der Waals surface area contributed by atoms with Gasteiger partial charge in [0.2, 0.25) is 0 Å². The molecule has 2 heterocycles. The maximum absolute atomic E-state index is 12.8. The number of benzene rings is 1. The van der Waals surface area contributed by atoms with Crippen LogP contribution in [-0.2, 0) is 0 Å². The Morgan fingerprint density at radius 3 is 2.54 bits per heavy atom. The van der Waals surface area contributed by atoms with Crippen LogP contribution in [0.15, 0.2) is 54.0 Å². The molecule has 4 nitrogen and oxygen atoms in total. The van der Waals surface area contributed by atoms with Gasteiger partial charge in [-0.2, -0.15) is 0 Å². The minimum absolute atomic E-state index is 0.0192. The van der Waals surface area contributed by atoms with Crippen molar-refractivity contribution in [3.63, 3.8) is 0 Å². The van der Waals surface area contributed by atoms with Crippen molar-refractivity contribution >= 4 is 17.2 Å². The van der Waals surface area contributed by atoms with E-state index in [0.29, 0.717) is 17.1 Å². The quantitative estimate of drug-likeness (QED) is 0.711. The zero-order valence-corrected chi connectivity index (χ0v) is 14.7. The van der Waals surface area contributed by atoms with Crippen molar-refractivity contribution in [1.82, 2.24) is 14.9 Å². The Balaban J connectivity index is 1.85. The lowest BCUT2D eigenvalue weighted by Crippen LogP contribution is -2.30. The minimum atomic E-state index is -0.0620. The predicted octanol–water partition coefficient (Wildman–Crippen LogP) is 4.35. The average molecular weight is 337 g/mol. The van der Waals surface area contributed by atoms with Gasteiger partial charge in [0.05, 0.1) is 17.3 Å². The van der Waals surface area contributed by atoms with Gasteiger partial charge in [0.1, 0.15) is 0 Å². The number of aromatic nitrogens is 2. The summed E-state index contributed by atoms with van der Waals surface area (Å²) in [6.45, 7) is 3.88. The molecule has 3 rings (SSSR count). The summed E-state index contributed by atoms with van der Waals surface area (Å²) in [7, 11) is 1.82. The maximum Gasteiger partial charge on any atom is 0.257 e. The third kappa shape index (κ3) is 3.21. The summed E-state index contributed by atoms with van der Waals surface area (Å²) in [5.41, 5.74) is 2.18. The number of amides is 1. The normalized spacial score (nSPS) is 12.0. The number of hydrogen-bond acceptors (Lipinski definition) is 4. The summed E-state index contributed by atoms with van der Waals surface area (Å²) in [5.74, 6) is 0.576. The number of rotatable bonds is 4. The first-order chi connectivity index (χ1) is 11.6. The van der Waals surface area contributed by atoms with Crippen molar-refractivity contribution in [3.8, 4) is 11.4 Å². The molecule has 0 aliphatic carbocycles. The number of hydrogen-bond donors (Lipinski definition) is 0. The molecule has 0 saturated heterocycles. The van der Waals surface area contributed by atoms with Crippen LogP contribution in [0.5, 0.6) is 0 Å². The van der Waals surface area contributed by atoms with Crippen molar-refractivity contribution in [1.29, 1.82) is 0 Å². The fourth-order valence-electron chi connectivity index (χ4n) is 2.49. The fraction of sp³-hybridized carbons (Fsp3) is 0.211. The van der Waals surface area contributed by atoms with Crippen LogP contribution in [0.25, 0.3) is 11.4 Å². The summed E-state index contributed by atoms with van der Waals surface area (Å²) in [6.07, 6.45) is 1.63. The van der Waals surface area contributed by atoms with Crippen LogP contribution in [-0.4, -0.2) is 27.8 Å². The van der Waals surface area contributed by atoms with Gasteiger partial charge in [0, 0.05) is 23.7 Å². The second kappa shape index (κ2) is 6.93. The highest BCUT2D eigenvalue weighted by atomic mass is 32.1. The van der Waals surface area contributed by atoms with Gasteiger partial charge in [-0.25, -0.2) is 9.97 Å². The van der Waals surface area contributed by atoms with Crippen LogP contribution in [0.1, 0.15) is 33.9 Å². The molecule has 2 aromatic heterocycles. The van der Waals surface area contributed by atoms with E-state index < -0.39 is 0 Å². The van der Waals surface area contributed by atoms with E-state index in [9.17, 15) is 4.79 Å². The summed E-state index contributed by atoms with van der Waals surface area (Å²) in [4.78, 5) is 24.6. The molecule has 1 atom stereocenters. The van der Waals surface area contributed by atoms with Gasteiger partial charge in [-0.15, -0.1) is 11.3 Å². The molecule has 0 aliphatic heterocycles. The van der Waals surface area contributed by atoms with Gasteiger partial charge < -0.3 is 4.90 Å². The zero-order chi connectivity index (χ0) is 17.1. The molecule has 0 saturated carbocycles.